The highest BCUT2D eigenvalue weighted by molar-refractivity contribution is 6.30. The van der Waals surface area contributed by atoms with Gasteiger partial charge in [-0.25, -0.2) is 9.97 Å². The Labute approximate surface area is 219 Å². The van der Waals surface area contributed by atoms with E-state index >= 15 is 0 Å². The van der Waals surface area contributed by atoms with Gasteiger partial charge in [0, 0.05) is 47.4 Å². The monoisotopic (exact) mass is 524 g/mol. The smallest absolute Gasteiger partial charge is 0.251 e. The summed E-state index contributed by atoms with van der Waals surface area (Å²) in [5.41, 5.74) is 3.93. The molecule has 0 spiro atoms. The van der Waals surface area contributed by atoms with Crippen molar-refractivity contribution in [3.05, 3.63) is 78.8 Å². The van der Waals surface area contributed by atoms with Crippen LogP contribution in [0.15, 0.2) is 46.2 Å². The van der Waals surface area contributed by atoms with Gasteiger partial charge in [0.2, 0.25) is 0 Å². The van der Waals surface area contributed by atoms with E-state index in [1.165, 1.54) is 25.7 Å². The average Bonchev–Trinajstić information content (AvgIpc) is 3.54. The van der Waals surface area contributed by atoms with Crippen LogP contribution >= 0.6 is 23.2 Å². The van der Waals surface area contributed by atoms with E-state index in [2.05, 4.69) is 9.97 Å². The highest BCUT2D eigenvalue weighted by Gasteiger charge is 2.21. The van der Waals surface area contributed by atoms with Gasteiger partial charge < -0.3 is 9.13 Å². The average molecular weight is 525 g/mol. The summed E-state index contributed by atoms with van der Waals surface area (Å²) in [5, 5.41) is 2.93. The summed E-state index contributed by atoms with van der Waals surface area (Å²) in [6.45, 7) is 3.89. The molecule has 0 atom stereocenters. The molecule has 0 saturated heterocycles. The molecule has 2 aliphatic carbocycles. The molecule has 6 rings (SSSR count). The molecular weight excluding hydrogens is 495 g/mol. The fraction of sp³-hybridized carbons (Fsp3) is 0.429. The predicted octanol–water partition coefficient (Wildman–Crippen LogP) is 6.95. The predicted molar refractivity (Wildman–Crippen MR) is 147 cm³/mol. The number of fused-ring (bicyclic) bond motifs is 2. The minimum Gasteiger partial charge on any atom is -0.305 e. The molecule has 0 N–H and O–H groups in total. The third-order valence-electron chi connectivity index (χ3n) is 7.60. The first-order valence-electron chi connectivity index (χ1n) is 12.7. The molecule has 2 aliphatic rings. The number of aromatic nitrogens is 4. The first-order chi connectivity index (χ1) is 17.3. The molecule has 4 aromatic rings. The summed E-state index contributed by atoms with van der Waals surface area (Å²) in [5.74, 6) is 0. The van der Waals surface area contributed by atoms with E-state index < -0.39 is 0 Å². The van der Waals surface area contributed by atoms with Gasteiger partial charge in [0.25, 0.3) is 11.1 Å². The normalized spacial score (nSPS) is 16.6. The van der Waals surface area contributed by atoms with Crippen molar-refractivity contribution in [1.29, 1.82) is 0 Å². The number of hydrogen-bond donors (Lipinski definition) is 0. The Morgan fingerprint density at radius 1 is 0.667 bits per heavy atom. The van der Waals surface area contributed by atoms with Crippen LogP contribution in [0.5, 0.6) is 0 Å². The molecule has 0 aliphatic heterocycles. The number of nitrogens with zero attached hydrogens (tertiary/aromatic N) is 4. The second-order valence-corrected chi connectivity index (χ2v) is 10.8. The minimum absolute atomic E-state index is 0.0779. The molecule has 0 radical (unpaired) electrons. The Morgan fingerprint density at radius 2 is 1.03 bits per heavy atom. The van der Waals surface area contributed by atoms with Crippen LogP contribution in [0, 0.1) is 13.8 Å². The molecule has 0 amide bonds. The van der Waals surface area contributed by atoms with E-state index in [1.807, 2.05) is 35.1 Å². The van der Waals surface area contributed by atoms with E-state index in [-0.39, 0.29) is 11.1 Å². The molecule has 6 nitrogen and oxygen atoms in total. The van der Waals surface area contributed by atoms with Crippen molar-refractivity contribution in [2.45, 2.75) is 77.3 Å². The first kappa shape index (κ1) is 25.0. The molecule has 4 aromatic heterocycles. The van der Waals surface area contributed by atoms with Crippen LogP contribution < -0.4 is 11.1 Å². The number of hydrogen-bond acceptors (Lipinski definition) is 4. The molecule has 0 bridgehead atoms. The van der Waals surface area contributed by atoms with Gasteiger partial charge in [-0.15, -0.1) is 0 Å². The maximum Gasteiger partial charge on any atom is 0.251 e. The summed E-state index contributed by atoms with van der Waals surface area (Å²) in [6.07, 6.45) is 12.6. The van der Waals surface area contributed by atoms with E-state index in [9.17, 15) is 9.59 Å². The summed E-state index contributed by atoms with van der Waals surface area (Å²) in [4.78, 5) is 32.7. The van der Waals surface area contributed by atoms with Gasteiger partial charge in [0.05, 0.1) is 11.0 Å². The lowest BCUT2D eigenvalue weighted by Gasteiger charge is -2.17. The van der Waals surface area contributed by atoms with Crippen molar-refractivity contribution in [2.24, 2.45) is 0 Å². The van der Waals surface area contributed by atoms with Crippen molar-refractivity contribution in [3.63, 3.8) is 0 Å². The topological polar surface area (TPSA) is 69.8 Å². The fourth-order valence-corrected chi connectivity index (χ4v) is 6.13. The lowest BCUT2D eigenvalue weighted by Crippen LogP contribution is -2.23. The van der Waals surface area contributed by atoms with Gasteiger partial charge in [-0.3, -0.25) is 9.59 Å². The maximum atomic E-state index is 12.3. The summed E-state index contributed by atoms with van der Waals surface area (Å²) in [7, 11) is 0. The van der Waals surface area contributed by atoms with Crippen LogP contribution in [-0.2, 0) is 0 Å². The van der Waals surface area contributed by atoms with Crippen LogP contribution in [0.25, 0.3) is 21.8 Å². The zero-order chi connectivity index (χ0) is 25.4. The van der Waals surface area contributed by atoms with E-state index in [0.29, 0.717) is 22.4 Å². The zero-order valence-electron chi connectivity index (χ0n) is 20.6. The van der Waals surface area contributed by atoms with Gasteiger partial charge in [0.1, 0.15) is 10.3 Å². The largest absolute Gasteiger partial charge is 0.305 e. The lowest BCUT2D eigenvalue weighted by molar-refractivity contribution is 0.519. The molecule has 188 valence electrons. The van der Waals surface area contributed by atoms with Crippen LogP contribution in [0.4, 0.5) is 0 Å². The number of pyridine rings is 4. The summed E-state index contributed by atoms with van der Waals surface area (Å²) in [6, 6.07) is 7.66. The van der Waals surface area contributed by atoms with Gasteiger partial charge >= 0.3 is 0 Å². The van der Waals surface area contributed by atoms with Gasteiger partial charge in [-0.05, 0) is 62.8 Å². The Morgan fingerprint density at radius 3 is 1.39 bits per heavy atom. The van der Waals surface area contributed by atoms with E-state index in [0.717, 1.165) is 58.6 Å². The van der Waals surface area contributed by atoms with Crippen molar-refractivity contribution >= 4 is 45.0 Å². The molecule has 36 heavy (non-hydrogen) atoms. The van der Waals surface area contributed by atoms with E-state index in [1.54, 1.807) is 24.5 Å². The Kier molecular flexibility index (Phi) is 7.18. The molecule has 0 aromatic carbocycles. The van der Waals surface area contributed by atoms with Crippen LogP contribution in [0.3, 0.4) is 0 Å². The zero-order valence-corrected chi connectivity index (χ0v) is 22.1. The lowest BCUT2D eigenvalue weighted by atomic mass is 10.1. The highest BCUT2D eigenvalue weighted by Crippen LogP contribution is 2.33. The van der Waals surface area contributed by atoms with Crippen LogP contribution in [0.1, 0.15) is 74.6 Å². The SMILES string of the molecule is Cc1cc(=O)n(C2CCCC2)c2cc(Cl)ncc12.Cc1cc(=O)n(C2CCCC2)c2cc(Cl)ncc12. The minimum atomic E-state index is 0.0779. The Hall–Kier alpha value is -2.70. The van der Waals surface area contributed by atoms with Gasteiger partial charge in [-0.2, -0.15) is 0 Å². The van der Waals surface area contributed by atoms with Crippen LogP contribution in [-0.4, -0.2) is 19.1 Å². The second-order valence-electron chi connectivity index (χ2n) is 10.00. The molecule has 8 heteroatoms. The maximum absolute atomic E-state index is 12.3. The van der Waals surface area contributed by atoms with Crippen molar-refractivity contribution < 1.29 is 0 Å². The fourth-order valence-electron chi connectivity index (χ4n) is 5.83. The number of aryl methyl sites for hydroxylation is 2. The third-order valence-corrected chi connectivity index (χ3v) is 8.01. The number of rotatable bonds is 2. The second kappa shape index (κ2) is 10.3. The molecule has 2 fully saturated rings. The summed E-state index contributed by atoms with van der Waals surface area (Å²) >= 11 is 12.0. The quantitative estimate of drug-likeness (QED) is 0.266. The van der Waals surface area contributed by atoms with E-state index in [4.69, 9.17) is 23.2 Å². The van der Waals surface area contributed by atoms with Crippen molar-refractivity contribution in [3.8, 4) is 0 Å². The number of halogens is 2. The van der Waals surface area contributed by atoms with Crippen molar-refractivity contribution in [2.75, 3.05) is 0 Å². The molecule has 2 saturated carbocycles. The standard InChI is InChI=1S/2C14H15ClN2O/c2*1-9-6-14(18)17(10-4-2-3-5-10)12-7-13(15)16-8-11(9)12/h2*6-8,10H,2-5H2,1H3. The van der Waals surface area contributed by atoms with Gasteiger partial charge in [-0.1, -0.05) is 48.9 Å². The van der Waals surface area contributed by atoms with Crippen molar-refractivity contribution in [1.82, 2.24) is 19.1 Å². The summed E-state index contributed by atoms with van der Waals surface area (Å²) < 4.78 is 3.81. The van der Waals surface area contributed by atoms with Crippen LogP contribution in [0.2, 0.25) is 10.3 Å². The Balaban J connectivity index is 0.000000148. The van der Waals surface area contributed by atoms with Gasteiger partial charge in [0.15, 0.2) is 0 Å². The first-order valence-corrected chi connectivity index (χ1v) is 13.4. The molecule has 0 unspecified atom stereocenters. The third kappa shape index (κ3) is 4.81. The molecule has 4 heterocycles. The molecular formula is C28H30Cl2N4O2. The highest BCUT2D eigenvalue weighted by atomic mass is 35.5. The Bertz CT molecular complexity index is 1430.